The third kappa shape index (κ3) is 5.74. The van der Waals surface area contributed by atoms with Crippen molar-refractivity contribution in [2.75, 3.05) is 31.5 Å². The SMILES string of the molecule is O=C(Nc1ccccc1C(=O)N1CCCCCC1)[C@H]1CCCN(Cc2ccc(F)cc2)C1. The van der Waals surface area contributed by atoms with Crippen LogP contribution < -0.4 is 5.32 Å². The van der Waals surface area contributed by atoms with Crippen molar-refractivity contribution in [3.05, 3.63) is 65.5 Å². The van der Waals surface area contributed by atoms with Gasteiger partial charge >= 0.3 is 0 Å². The van der Waals surface area contributed by atoms with Crippen molar-refractivity contribution in [1.82, 2.24) is 9.80 Å². The minimum Gasteiger partial charge on any atom is -0.339 e. The van der Waals surface area contributed by atoms with Gasteiger partial charge in [-0.15, -0.1) is 0 Å². The van der Waals surface area contributed by atoms with Crippen LogP contribution in [-0.2, 0) is 11.3 Å². The standard InChI is InChI=1S/C26H32FN3O2/c27-22-13-11-20(12-14-22)18-29-15-7-8-21(19-29)25(31)28-24-10-4-3-9-23(24)26(32)30-16-5-1-2-6-17-30/h3-4,9-14,21H,1-2,5-8,15-19H2,(H,28,31)/t21-/m0/s1. The second kappa shape index (κ2) is 10.7. The lowest BCUT2D eigenvalue weighted by Gasteiger charge is -2.32. The number of nitrogens with zero attached hydrogens (tertiary/aromatic N) is 2. The average Bonchev–Trinajstić information content (AvgIpc) is 3.10. The van der Waals surface area contributed by atoms with Gasteiger partial charge in [0.1, 0.15) is 5.82 Å². The van der Waals surface area contributed by atoms with Crippen molar-refractivity contribution in [2.45, 2.75) is 45.1 Å². The van der Waals surface area contributed by atoms with E-state index in [0.29, 0.717) is 24.3 Å². The van der Waals surface area contributed by atoms with E-state index in [1.54, 1.807) is 12.1 Å². The number of rotatable bonds is 5. The van der Waals surface area contributed by atoms with E-state index in [9.17, 15) is 14.0 Å². The van der Waals surface area contributed by atoms with E-state index < -0.39 is 0 Å². The fourth-order valence-electron chi connectivity index (χ4n) is 4.72. The number of nitrogens with one attached hydrogen (secondary N) is 1. The quantitative estimate of drug-likeness (QED) is 0.738. The second-order valence-electron chi connectivity index (χ2n) is 8.94. The van der Waals surface area contributed by atoms with Gasteiger partial charge in [-0.3, -0.25) is 14.5 Å². The number of anilines is 1. The lowest BCUT2D eigenvalue weighted by molar-refractivity contribution is -0.121. The van der Waals surface area contributed by atoms with E-state index >= 15 is 0 Å². The highest BCUT2D eigenvalue weighted by Gasteiger charge is 2.27. The fourth-order valence-corrected chi connectivity index (χ4v) is 4.72. The van der Waals surface area contributed by atoms with Crippen LogP contribution in [-0.4, -0.2) is 47.8 Å². The Balaban J connectivity index is 1.40. The first-order valence-electron chi connectivity index (χ1n) is 11.8. The Kier molecular flexibility index (Phi) is 7.53. The molecule has 2 aliphatic rings. The highest BCUT2D eigenvalue weighted by molar-refractivity contribution is 6.04. The van der Waals surface area contributed by atoms with Gasteiger partial charge in [-0.1, -0.05) is 37.1 Å². The van der Waals surface area contributed by atoms with Gasteiger partial charge in [-0.2, -0.15) is 0 Å². The van der Waals surface area contributed by atoms with Crippen LogP contribution in [0.2, 0.25) is 0 Å². The molecule has 0 aliphatic carbocycles. The molecule has 0 aromatic heterocycles. The smallest absolute Gasteiger partial charge is 0.255 e. The molecule has 6 heteroatoms. The van der Waals surface area contributed by atoms with Gasteiger partial charge in [0.2, 0.25) is 5.91 Å². The van der Waals surface area contributed by atoms with Gasteiger partial charge in [-0.25, -0.2) is 4.39 Å². The van der Waals surface area contributed by atoms with Crippen molar-refractivity contribution in [3.8, 4) is 0 Å². The van der Waals surface area contributed by atoms with Crippen molar-refractivity contribution in [1.29, 1.82) is 0 Å². The van der Waals surface area contributed by atoms with Gasteiger partial charge in [0.05, 0.1) is 17.2 Å². The summed E-state index contributed by atoms with van der Waals surface area (Å²) in [5.41, 5.74) is 2.21. The first-order valence-corrected chi connectivity index (χ1v) is 11.8. The molecule has 0 unspecified atom stereocenters. The van der Waals surface area contributed by atoms with Gasteiger partial charge in [-0.05, 0) is 62.1 Å². The number of carbonyl (C=O) groups is 2. The maximum absolute atomic E-state index is 13.2. The van der Waals surface area contributed by atoms with Crippen LogP contribution in [0, 0.1) is 11.7 Å². The fraction of sp³-hybridized carbons (Fsp3) is 0.462. The number of piperidine rings is 1. The Labute approximate surface area is 189 Å². The summed E-state index contributed by atoms with van der Waals surface area (Å²) in [6.07, 6.45) is 6.16. The molecule has 2 amide bonds. The highest BCUT2D eigenvalue weighted by atomic mass is 19.1. The predicted octanol–water partition coefficient (Wildman–Crippen LogP) is 4.69. The number of likely N-dealkylation sites (tertiary alicyclic amines) is 2. The molecule has 5 nitrogen and oxygen atoms in total. The van der Waals surface area contributed by atoms with Crippen LogP contribution in [0.5, 0.6) is 0 Å². The Morgan fingerprint density at radius 1 is 0.906 bits per heavy atom. The molecule has 1 N–H and O–H groups in total. The molecule has 0 spiro atoms. The molecule has 0 bridgehead atoms. The van der Waals surface area contributed by atoms with Gasteiger partial charge < -0.3 is 10.2 Å². The zero-order chi connectivity index (χ0) is 22.3. The molecule has 2 heterocycles. The van der Waals surface area contributed by atoms with E-state index in [2.05, 4.69) is 10.2 Å². The maximum Gasteiger partial charge on any atom is 0.255 e. The molecule has 2 aliphatic heterocycles. The number of para-hydroxylation sites is 1. The summed E-state index contributed by atoms with van der Waals surface area (Å²) in [5.74, 6) is -0.405. The third-order valence-electron chi connectivity index (χ3n) is 6.50. The number of benzene rings is 2. The molecule has 2 aromatic rings. The molecule has 0 radical (unpaired) electrons. The molecular formula is C26H32FN3O2. The molecule has 2 aromatic carbocycles. The van der Waals surface area contributed by atoms with E-state index in [1.807, 2.05) is 29.2 Å². The number of amides is 2. The van der Waals surface area contributed by atoms with Crippen molar-refractivity contribution in [3.63, 3.8) is 0 Å². The number of hydrogen-bond acceptors (Lipinski definition) is 3. The van der Waals surface area contributed by atoms with E-state index in [-0.39, 0.29) is 23.5 Å². The largest absolute Gasteiger partial charge is 0.339 e. The molecule has 170 valence electrons. The van der Waals surface area contributed by atoms with Crippen molar-refractivity contribution >= 4 is 17.5 Å². The van der Waals surface area contributed by atoms with Crippen LogP contribution in [0.1, 0.15) is 54.4 Å². The predicted molar refractivity (Wildman–Crippen MR) is 124 cm³/mol. The molecule has 4 rings (SSSR count). The molecule has 2 saturated heterocycles. The van der Waals surface area contributed by atoms with Crippen LogP contribution >= 0.6 is 0 Å². The van der Waals surface area contributed by atoms with Crippen LogP contribution in [0.4, 0.5) is 10.1 Å². The summed E-state index contributed by atoms with van der Waals surface area (Å²) >= 11 is 0. The normalized spacial score (nSPS) is 19.9. The molecular weight excluding hydrogens is 405 g/mol. The topological polar surface area (TPSA) is 52.7 Å². The summed E-state index contributed by atoms with van der Waals surface area (Å²) in [7, 11) is 0. The Bertz CT molecular complexity index is 923. The Morgan fingerprint density at radius 2 is 1.62 bits per heavy atom. The molecule has 1 atom stereocenters. The van der Waals surface area contributed by atoms with Crippen LogP contribution in [0.25, 0.3) is 0 Å². The third-order valence-corrected chi connectivity index (χ3v) is 6.50. The average molecular weight is 438 g/mol. The van der Waals surface area contributed by atoms with Gasteiger partial charge in [0, 0.05) is 26.2 Å². The van der Waals surface area contributed by atoms with Crippen LogP contribution in [0.3, 0.4) is 0 Å². The monoisotopic (exact) mass is 437 g/mol. The summed E-state index contributed by atoms with van der Waals surface area (Å²) in [6.45, 7) is 3.84. The second-order valence-corrected chi connectivity index (χ2v) is 8.94. The molecule has 32 heavy (non-hydrogen) atoms. The van der Waals surface area contributed by atoms with E-state index in [1.165, 1.54) is 12.1 Å². The lowest BCUT2D eigenvalue weighted by Crippen LogP contribution is -2.40. The minimum absolute atomic E-state index is 0.00406. The Morgan fingerprint density at radius 3 is 2.38 bits per heavy atom. The number of halogens is 1. The summed E-state index contributed by atoms with van der Waals surface area (Å²) in [5, 5.41) is 3.05. The summed E-state index contributed by atoms with van der Waals surface area (Å²) in [4.78, 5) is 30.4. The zero-order valence-corrected chi connectivity index (χ0v) is 18.6. The number of hydrogen-bond donors (Lipinski definition) is 1. The number of carbonyl (C=O) groups excluding carboxylic acids is 2. The molecule has 0 saturated carbocycles. The lowest BCUT2D eigenvalue weighted by atomic mass is 9.96. The summed E-state index contributed by atoms with van der Waals surface area (Å²) < 4.78 is 13.2. The molecule has 2 fully saturated rings. The highest BCUT2D eigenvalue weighted by Crippen LogP contribution is 2.24. The van der Waals surface area contributed by atoms with Gasteiger partial charge in [0.25, 0.3) is 5.91 Å². The van der Waals surface area contributed by atoms with Crippen LogP contribution in [0.15, 0.2) is 48.5 Å². The van der Waals surface area contributed by atoms with E-state index in [0.717, 1.165) is 63.7 Å². The summed E-state index contributed by atoms with van der Waals surface area (Å²) in [6, 6.07) is 13.9. The zero-order valence-electron chi connectivity index (χ0n) is 18.6. The first-order chi connectivity index (χ1) is 15.6. The van der Waals surface area contributed by atoms with Crippen molar-refractivity contribution < 1.29 is 14.0 Å². The Hall–Kier alpha value is -2.73. The first kappa shape index (κ1) is 22.5. The van der Waals surface area contributed by atoms with E-state index in [4.69, 9.17) is 0 Å². The van der Waals surface area contributed by atoms with Gasteiger partial charge in [0.15, 0.2) is 0 Å². The van der Waals surface area contributed by atoms with Crippen molar-refractivity contribution in [2.24, 2.45) is 5.92 Å². The minimum atomic E-state index is -0.238. The maximum atomic E-state index is 13.2.